The van der Waals surface area contributed by atoms with Crippen molar-refractivity contribution in [2.45, 2.75) is 13.3 Å². The zero-order valence-electron chi connectivity index (χ0n) is 11.4. The van der Waals surface area contributed by atoms with Crippen LogP contribution in [0.15, 0.2) is 47.0 Å². The summed E-state index contributed by atoms with van der Waals surface area (Å²) in [5, 5.41) is 23.1. The van der Waals surface area contributed by atoms with Crippen molar-refractivity contribution in [2.24, 2.45) is 0 Å². The van der Waals surface area contributed by atoms with Crippen LogP contribution in [0, 0.1) is 6.92 Å². The van der Waals surface area contributed by atoms with Gasteiger partial charge in [-0.25, -0.2) is 0 Å². The molecule has 0 atom stereocenters. The molecule has 0 aliphatic rings. The van der Waals surface area contributed by atoms with Crippen molar-refractivity contribution >= 4 is 0 Å². The van der Waals surface area contributed by atoms with Crippen LogP contribution < -0.4 is 0 Å². The monoisotopic (exact) mass is 282 g/mol. The lowest BCUT2D eigenvalue weighted by atomic mass is 10.1. The average Bonchev–Trinajstić information content (AvgIpc) is 2.90. The van der Waals surface area contributed by atoms with Gasteiger partial charge in [0.2, 0.25) is 0 Å². The lowest BCUT2D eigenvalue weighted by molar-refractivity contribution is 0.418. The number of nitrogens with zero attached hydrogens (tertiary/aromatic N) is 2. The third kappa shape index (κ3) is 2.86. The van der Waals surface area contributed by atoms with Gasteiger partial charge < -0.3 is 14.7 Å². The van der Waals surface area contributed by atoms with Crippen molar-refractivity contribution in [3.63, 3.8) is 0 Å². The lowest BCUT2D eigenvalue weighted by Crippen LogP contribution is -1.90. The van der Waals surface area contributed by atoms with Gasteiger partial charge in [0.25, 0.3) is 5.89 Å². The molecule has 0 radical (unpaired) electrons. The van der Waals surface area contributed by atoms with Crippen LogP contribution in [0.2, 0.25) is 0 Å². The number of benzene rings is 2. The summed E-state index contributed by atoms with van der Waals surface area (Å²) in [5.41, 5.74) is 2.44. The van der Waals surface area contributed by atoms with Gasteiger partial charge in [-0.3, -0.25) is 0 Å². The second-order valence-electron chi connectivity index (χ2n) is 4.88. The summed E-state index contributed by atoms with van der Waals surface area (Å²) in [4.78, 5) is 4.29. The minimum Gasteiger partial charge on any atom is -0.508 e. The number of rotatable bonds is 3. The van der Waals surface area contributed by atoms with E-state index in [1.54, 1.807) is 36.4 Å². The Morgan fingerprint density at radius 1 is 1.05 bits per heavy atom. The Labute approximate surface area is 121 Å². The molecule has 0 spiro atoms. The van der Waals surface area contributed by atoms with Crippen LogP contribution in [0.5, 0.6) is 11.5 Å². The van der Waals surface area contributed by atoms with Crippen molar-refractivity contribution < 1.29 is 14.7 Å². The molecule has 2 N–H and O–H groups in total. The van der Waals surface area contributed by atoms with Crippen LogP contribution in [-0.4, -0.2) is 20.4 Å². The van der Waals surface area contributed by atoms with Gasteiger partial charge in [-0.2, -0.15) is 4.98 Å². The second kappa shape index (κ2) is 5.28. The number of phenolic OH excluding ortho intramolecular Hbond substituents is 2. The van der Waals surface area contributed by atoms with Crippen LogP contribution in [-0.2, 0) is 6.42 Å². The quantitative estimate of drug-likeness (QED) is 0.771. The molecule has 1 heterocycles. The van der Waals surface area contributed by atoms with Crippen LogP contribution in [0.1, 0.15) is 17.0 Å². The van der Waals surface area contributed by atoms with E-state index in [1.165, 1.54) is 0 Å². The van der Waals surface area contributed by atoms with Gasteiger partial charge in [0.15, 0.2) is 5.82 Å². The molecule has 0 fully saturated rings. The maximum Gasteiger partial charge on any atom is 0.261 e. The molecule has 1 aromatic heterocycles. The molecule has 0 bridgehead atoms. The summed E-state index contributed by atoms with van der Waals surface area (Å²) >= 11 is 0. The van der Waals surface area contributed by atoms with Crippen molar-refractivity contribution in [3.05, 3.63) is 59.4 Å². The fraction of sp³-hybridized carbons (Fsp3) is 0.125. The molecule has 2 aromatic carbocycles. The van der Waals surface area contributed by atoms with Gasteiger partial charge >= 0.3 is 0 Å². The highest BCUT2D eigenvalue weighted by molar-refractivity contribution is 5.62. The summed E-state index contributed by atoms with van der Waals surface area (Å²) < 4.78 is 5.20. The number of hydrogen-bond donors (Lipinski definition) is 2. The molecule has 0 unspecified atom stereocenters. The van der Waals surface area contributed by atoms with E-state index in [1.807, 2.05) is 13.0 Å². The first-order valence-corrected chi connectivity index (χ1v) is 6.52. The molecule has 0 amide bonds. The molecular weight excluding hydrogens is 268 g/mol. The first kappa shape index (κ1) is 13.2. The molecule has 21 heavy (non-hydrogen) atoms. The first-order chi connectivity index (χ1) is 10.1. The third-order valence-electron chi connectivity index (χ3n) is 3.15. The Kier molecular flexibility index (Phi) is 3.31. The fourth-order valence-electron chi connectivity index (χ4n) is 2.05. The SMILES string of the molecule is Cc1ccc(-c2nc(Cc3ccc(O)cc3)no2)c(O)c1. The van der Waals surface area contributed by atoms with Crippen molar-refractivity contribution in [1.29, 1.82) is 0 Å². The fourth-order valence-corrected chi connectivity index (χ4v) is 2.05. The summed E-state index contributed by atoms with van der Waals surface area (Å²) in [7, 11) is 0. The van der Waals surface area contributed by atoms with E-state index in [4.69, 9.17) is 4.52 Å². The van der Waals surface area contributed by atoms with E-state index in [-0.39, 0.29) is 11.5 Å². The zero-order chi connectivity index (χ0) is 14.8. The maximum absolute atomic E-state index is 9.92. The Balaban J connectivity index is 1.84. The van der Waals surface area contributed by atoms with Gasteiger partial charge in [0.1, 0.15) is 11.5 Å². The zero-order valence-corrected chi connectivity index (χ0v) is 11.4. The second-order valence-corrected chi connectivity index (χ2v) is 4.88. The summed E-state index contributed by atoms with van der Waals surface area (Å²) in [6.45, 7) is 1.90. The van der Waals surface area contributed by atoms with E-state index >= 15 is 0 Å². The van der Waals surface area contributed by atoms with Crippen LogP contribution in [0.25, 0.3) is 11.5 Å². The van der Waals surface area contributed by atoms with E-state index in [9.17, 15) is 10.2 Å². The van der Waals surface area contributed by atoms with Gasteiger partial charge in [-0.05, 0) is 42.3 Å². The number of phenols is 2. The summed E-state index contributed by atoms with van der Waals surface area (Å²) in [6, 6.07) is 12.1. The van der Waals surface area contributed by atoms with Crippen molar-refractivity contribution in [3.8, 4) is 23.0 Å². The Hall–Kier alpha value is -2.82. The van der Waals surface area contributed by atoms with Crippen LogP contribution in [0.3, 0.4) is 0 Å². The minimum atomic E-state index is 0.120. The molecular formula is C16H14N2O3. The standard InChI is InChI=1S/C16H14N2O3/c1-10-2-7-13(14(20)8-10)16-17-15(18-21-16)9-11-3-5-12(19)6-4-11/h2-8,19-20H,9H2,1H3. The predicted molar refractivity (Wildman–Crippen MR) is 77.0 cm³/mol. The summed E-state index contributed by atoms with van der Waals surface area (Å²) in [6.07, 6.45) is 0.496. The molecule has 3 aromatic rings. The Bertz CT molecular complexity index is 763. The molecule has 106 valence electrons. The van der Waals surface area contributed by atoms with Gasteiger partial charge in [-0.1, -0.05) is 23.4 Å². The highest BCUT2D eigenvalue weighted by Gasteiger charge is 2.13. The molecule has 0 saturated carbocycles. The number of aromatic nitrogens is 2. The van der Waals surface area contributed by atoms with Gasteiger partial charge in [0, 0.05) is 6.42 Å². The minimum absolute atomic E-state index is 0.120. The Morgan fingerprint density at radius 2 is 1.81 bits per heavy atom. The normalized spacial score (nSPS) is 10.7. The summed E-state index contributed by atoms with van der Waals surface area (Å²) in [5.74, 6) is 1.16. The molecule has 0 aliphatic heterocycles. The van der Waals surface area contributed by atoms with Gasteiger partial charge in [0.05, 0.1) is 5.56 Å². The lowest BCUT2D eigenvalue weighted by Gasteiger charge is -2.00. The average molecular weight is 282 g/mol. The highest BCUT2D eigenvalue weighted by Crippen LogP contribution is 2.28. The molecule has 5 nitrogen and oxygen atoms in total. The van der Waals surface area contributed by atoms with E-state index in [2.05, 4.69) is 10.1 Å². The van der Waals surface area contributed by atoms with E-state index in [0.717, 1.165) is 11.1 Å². The molecule has 0 aliphatic carbocycles. The predicted octanol–water partition coefficient (Wildman–Crippen LogP) is 3.05. The van der Waals surface area contributed by atoms with Crippen LogP contribution >= 0.6 is 0 Å². The molecule has 3 rings (SSSR count). The number of hydrogen-bond acceptors (Lipinski definition) is 5. The molecule has 5 heteroatoms. The third-order valence-corrected chi connectivity index (χ3v) is 3.15. The van der Waals surface area contributed by atoms with Crippen LogP contribution in [0.4, 0.5) is 0 Å². The number of aryl methyl sites for hydroxylation is 1. The van der Waals surface area contributed by atoms with Gasteiger partial charge in [-0.15, -0.1) is 0 Å². The highest BCUT2D eigenvalue weighted by atomic mass is 16.5. The Morgan fingerprint density at radius 3 is 2.52 bits per heavy atom. The first-order valence-electron chi connectivity index (χ1n) is 6.52. The van der Waals surface area contributed by atoms with Crippen molar-refractivity contribution in [1.82, 2.24) is 10.1 Å². The topological polar surface area (TPSA) is 79.4 Å². The van der Waals surface area contributed by atoms with E-state index < -0.39 is 0 Å². The molecule has 0 saturated heterocycles. The number of aromatic hydroxyl groups is 2. The smallest absolute Gasteiger partial charge is 0.261 e. The maximum atomic E-state index is 9.92. The van der Waals surface area contributed by atoms with Crippen molar-refractivity contribution in [2.75, 3.05) is 0 Å². The largest absolute Gasteiger partial charge is 0.508 e. The van der Waals surface area contributed by atoms with E-state index in [0.29, 0.717) is 23.7 Å².